The first-order valence-corrected chi connectivity index (χ1v) is 7.21. The zero-order valence-electron chi connectivity index (χ0n) is 12.2. The van der Waals surface area contributed by atoms with E-state index in [2.05, 4.69) is 20.8 Å². The van der Waals surface area contributed by atoms with Crippen molar-refractivity contribution in [3.63, 3.8) is 0 Å². The highest BCUT2D eigenvalue weighted by Gasteiger charge is 2.07. The van der Waals surface area contributed by atoms with Crippen LogP contribution in [0.4, 0.5) is 17.3 Å². The molecule has 1 aromatic carbocycles. The maximum Gasteiger partial charge on any atom is 0.256 e. The van der Waals surface area contributed by atoms with E-state index in [1.54, 1.807) is 48.7 Å². The van der Waals surface area contributed by atoms with Gasteiger partial charge in [0.05, 0.1) is 11.9 Å². The molecular formula is C16H13ClN4O2. The van der Waals surface area contributed by atoms with Gasteiger partial charge in [0.2, 0.25) is 0 Å². The van der Waals surface area contributed by atoms with E-state index in [-0.39, 0.29) is 5.91 Å². The van der Waals surface area contributed by atoms with Crippen LogP contribution in [0.25, 0.3) is 0 Å². The minimum Gasteiger partial charge on any atom is -0.360 e. The normalized spacial score (nSPS) is 10.3. The lowest BCUT2D eigenvalue weighted by Crippen LogP contribution is -2.12. The number of anilines is 3. The van der Waals surface area contributed by atoms with Crippen LogP contribution in [0, 0.1) is 6.92 Å². The molecule has 1 amide bonds. The number of rotatable bonds is 4. The quantitative estimate of drug-likeness (QED) is 0.756. The molecule has 3 aromatic rings. The molecule has 0 aliphatic rings. The Hall–Kier alpha value is -2.86. The molecule has 0 spiro atoms. The van der Waals surface area contributed by atoms with E-state index < -0.39 is 0 Å². The summed E-state index contributed by atoms with van der Waals surface area (Å²) in [5.41, 5.74) is 1.21. The number of amides is 1. The molecule has 0 bridgehead atoms. The van der Waals surface area contributed by atoms with Gasteiger partial charge in [-0.2, -0.15) is 0 Å². The summed E-state index contributed by atoms with van der Waals surface area (Å²) in [6.45, 7) is 1.81. The van der Waals surface area contributed by atoms with E-state index in [0.717, 1.165) is 5.69 Å². The van der Waals surface area contributed by atoms with E-state index in [1.807, 2.05) is 6.92 Å². The molecule has 2 heterocycles. The van der Waals surface area contributed by atoms with Crippen molar-refractivity contribution >= 4 is 34.8 Å². The molecule has 0 aliphatic heterocycles. The fourth-order valence-corrected chi connectivity index (χ4v) is 2.12. The van der Waals surface area contributed by atoms with Crippen LogP contribution < -0.4 is 10.6 Å². The second-order valence-corrected chi connectivity index (χ2v) is 5.28. The minimum atomic E-state index is -0.271. The smallest absolute Gasteiger partial charge is 0.256 e. The van der Waals surface area contributed by atoms with Gasteiger partial charge in [-0.05, 0) is 37.3 Å². The fraction of sp³-hybridized carbons (Fsp3) is 0.0625. The standard InChI is InChI=1S/C16H13ClN4O2/c1-10-7-15(21-23-10)19-13-5-6-14(18-9-13)20-16(22)11-3-2-4-12(17)8-11/h2-9H,1H3,(H,19,21)(H,18,20,22). The third kappa shape index (κ3) is 3.87. The van der Waals surface area contributed by atoms with Crippen LogP contribution in [-0.4, -0.2) is 16.0 Å². The van der Waals surface area contributed by atoms with Gasteiger partial charge in [0, 0.05) is 16.7 Å². The number of nitrogens with zero attached hydrogens (tertiary/aromatic N) is 2. The first-order valence-electron chi connectivity index (χ1n) is 6.83. The predicted octanol–water partition coefficient (Wildman–Crippen LogP) is 4.03. The molecular weight excluding hydrogens is 316 g/mol. The van der Waals surface area contributed by atoms with Gasteiger partial charge in [0.25, 0.3) is 5.91 Å². The number of halogens is 1. The van der Waals surface area contributed by atoms with Crippen LogP contribution in [0.2, 0.25) is 5.02 Å². The Labute approximate surface area is 137 Å². The minimum absolute atomic E-state index is 0.271. The summed E-state index contributed by atoms with van der Waals surface area (Å²) in [5, 5.41) is 10.1. The first-order chi connectivity index (χ1) is 11.1. The van der Waals surface area contributed by atoms with Gasteiger partial charge in [-0.3, -0.25) is 4.79 Å². The number of carbonyl (C=O) groups is 1. The highest BCUT2D eigenvalue weighted by molar-refractivity contribution is 6.31. The molecule has 0 radical (unpaired) electrons. The summed E-state index contributed by atoms with van der Waals surface area (Å²) in [6, 6.07) is 12.0. The maximum absolute atomic E-state index is 12.1. The van der Waals surface area contributed by atoms with Gasteiger partial charge in [0.1, 0.15) is 11.6 Å². The molecule has 23 heavy (non-hydrogen) atoms. The SMILES string of the molecule is Cc1cc(Nc2ccc(NC(=O)c3cccc(Cl)c3)nc2)no1. The topological polar surface area (TPSA) is 80.0 Å². The van der Waals surface area contributed by atoms with Crippen LogP contribution in [0.5, 0.6) is 0 Å². The van der Waals surface area contributed by atoms with Gasteiger partial charge >= 0.3 is 0 Å². The molecule has 0 atom stereocenters. The van der Waals surface area contributed by atoms with Crippen LogP contribution in [0.15, 0.2) is 53.2 Å². The Balaban J connectivity index is 1.66. The lowest BCUT2D eigenvalue weighted by atomic mass is 10.2. The van der Waals surface area contributed by atoms with E-state index in [0.29, 0.717) is 28.0 Å². The number of aromatic nitrogens is 2. The first kappa shape index (κ1) is 15.1. The van der Waals surface area contributed by atoms with E-state index >= 15 is 0 Å². The van der Waals surface area contributed by atoms with Crippen molar-refractivity contribution in [3.05, 3.63) is 65.0 Å². The van der Waals surface area contributed by atoms with E-state index in [1.165, 1.54) is 0 Å². The van der Waals surface area contributed by atoms with Crippen molar-refractivity contribution in [1.29, 1.82) is 0 Å². The van der Waals surface area contributed by atoms with Crippen molar-refractivity contribution in [3.8, 4) is 0 Å². The van der Waals surface area contributed by atoms with Crippen LogP contribution in [0.3, 0.4) is 0 Å². The summed E-state index contributed by atoms with van der Waals surface area (Å²) in [6.07, 6.45) is 1.59. The van der Waals surface area contributed by atoms with Gasteiger partial charge in [0.15, 0.2) is 5.82 Å². The third-order valence-electron chi connectivity index (χ3n) is 2.99. The molecule has 3 rings (SSSR count). The summed E-state index contributed by atoms with van der Waals surface area (Å²) in [5.74, 6) is 1.48. The van der Waals surface area contributed by atoms with Crippen LogP contribution in [0.1, 0.15) is 16.1 Å². The Bertz CT molecular complexity index is 830. The van der Waals surface area contributed by atoms with Crippen molar-refractivity contribution in [2.24, 2.45) is 0 Å². The average Bonchev–Trinajstić information content (AvgIpc) is 2.94. The van der Waals surface area contributed by atoms with Crippen molar-refractivity contribution < 1.29 is 9.32 Å². The van der Waals surface area contributed by atoms with Crippen molar-refractivity contribution in [2.45, 2.75) is 6.92 Å². The molecule has 7 heteroatoms. The molecule has 2 N–H and O–H groups in total. The second kappa shape index (κ2) is 6.50. The average molecular weight is 329 g/mol. The summed E-state index contributed by atoms with van der Waals surface area (Å²) in [4.78, 5) is 16.3. The molecule has 2 aromatic heterocycles. The van der Waals surface area contributed by atoms with E-state index in [9.17, 15) is 4.79 Å². The predicted molar refractivity (Wildman–Crippen MR) is 88.2 cm³/mol. The van der Waals surface area contributed by atoms with Gasteiger partial charge in [-0.15, -0.1) is 0 Å². The Kier molecular flexibility index (Phi) is 4.25. The zero-order chi connectivity index (χ0) is 16.2. The largest absolute Gasteiger partial charge is 0.360 e. The third-order valence-corrected chi connectivity index (χ3v) is 3.23. The van der Waals surface area contributed by atoms with Crippen LogP contribution in [-0.2, 0) is 0 Å². The van der Waals surface area contributed by atoms with Crippen molar-refractivity contribution in [1.82, 2.24) is 10.1 Å². The Morgan fingerprint density at radius 2 is 2.04 bits per heavy atom. The zero-order valence-corrected chi connectivity index (χ0v) is 13.0. The fourth-order valence-electron chi connectivity index (χ4n) is 1.93. The van der Waals surface area contributed by atoms with Gasteiger partial charge in [-0.25, -0.2) is 4.98 Å². The monoisotopic (exact) mass is 328 g/mol. The second-order valence-electron chi connectivity index (χ2n) is 4.84. The van der Waals surface area contributed by atoms with Crippen LogP contribution >= 0.6 is 11.6 Å². The number of benzene rings is 1. The molecule has 0 unspecified atom stereocenters. The number of nitrogens with one attached hydrogen (secondary N) is 2. The van der Waals surface area contributed by atoms with E-state index in [4.69, 9.17) is 16.1 Å². The molecule has 116 valence electrons. The Morgan fingerprint density at radius 1 is 1.17 bits per heavy atom. The summed E-state index contributed by atoms with van der Waals surface area (Å²) in [7, 11) is 0. The lowest BCUT2D eigenvalue weighted by molar-refractivity contribution is 0.102. The highest BCUT2D eigenvalue weighted by atomic mass is 35.5. The number of pyridine rings is 1. The number of hydrogen-bond donors (Lipinski definition) is 2. The number of hydrogen-bond acceptors (Lipinski definition) is 5. The maximum atomic E-state index is 12.1. The van der Waals surface area contributed by atoms with Gasteiger partial charge < -0.3 is 15.2 Å². The molecule has 6 nitrogen and oxygen atoms in total. The van der Waals surface area contributed by atoms with Crippen molar-refractivity contribution in [2.75, 3.05) is 10.6 Å². The molecule has 0 aliphatic carbocycles. The number of aryl methyl sites for hydroxylation is 1. The molecule has 0 saturated heterocycles. The highest BCUT2D eigenvalue weighted by Crippen LogP contribution is 2.17. The summed E-state index contributed by atoms with van der Waals surface area (Å²) >= 11 is 5.87. The Morgan fingerprint density at radius 3 is 2.70 bits per heavy atom. The molecule has 0 fully saturated rings. The molecule has 0 saturated carbocycles. The number of carbonyl (C=O) groups excluding carboxylic acids is 1. The lowest BCUT2D eigenvalue weighted by Gasteiger charge is -2.06. The summed E-state index contributed by atoms with van der Waals surface area (Å²) < 4.78 is 4.97. The van der Waals surface area contributed by atoms with Gasteiger partial charge in [-0.1, -0.05) is 22.8 Å².